The van der Waals surface area contributed by atoms with Gasteiger partial charge in [-0.2, -0.15) is 0 Å². The van der Waals surface area contributed by atoms with Crippen LogP contribution in [0.4, 0.5) is 0 Å². The highest BCUT2D eigenvalue weighted by molar-refractivity contribution is 7.47. The average molecular weight is 1140 g/mol. The van der Waals surface area contributed by atoms with Gasteiger partial charge in [0, 0.05) is 12.8 Å². The smallest absolute Gasteiger partial charge is 0.462 e. The molecule has 0 aliphatic carbocycles. The molecular formula is C70H121NO8P+. The van der Waals surface area contributed by atoms with E-state index in [9.17, 15) is 19.0 Å². The first kappa shape index (κ1) is 76.4. The van der Waals surface area contributed by atoms with Crippen molar-refractivity contribution < 1.29 is 42.1 Å². The summed E-state index contributed by atoms with van der Waals surface area (Å²) in [6.45, 7) is 4.20. The molecule has 1 N–H and O–H groups in total. The van der Waals surface area contributed by atoms with E-state index in [1.165, 1.54) is 103 Å². The lowest BCUT2D eigenvalue weighted by Gasteiger charge is -2.24. The van der Waals surface area contributed by atoms with E-state index >= 15 is 0 Å². The fourth-order valence-corrected chi connectivity index (χ4v) is 9.34. The van der Waals surface area contributed by atoms with Gasteiger partial charge >= 0.3 is 19.8 Å². The van der Waals surface area contributed by atoms with E-state index in [0.717, 1.165) is 122 Å². The molecule has 0 rings (SSSR count). The first-order valence-electron chi connectivity index (χ1n) is 32.3. The number of esters is 2. The maximum absolute atomic E-state index is 12.8. The number of allylic oxidation sites excluding steroid dienone is 20. The molecule has 0 aliphatic rings. The highest BCUT2D eigenvalue weighted by atomic mass is 31.2. The minimum atomic E-state index is -4.40. The average Bonchev–Trinajstić information content (AvgIpc) is 3.42. The number of quaternary nitrogens is 1. The molecule has 0 saturated heterocycles. The summed E-state index contributed by atoms with van der Waals surface area (Å²) in [4.78, 5) is 35.8. The molecule has 0 spiro atoms. The SMILES string of the molecule is CC/C=C\C/C=C\C/C=C\C/C=C\C/C=C\C/C=C\CCCCCCCCC(=O)OC(COC(=O)CCCCCCCCCCCCCCCCCCCC/C=C\C/C=C\C/C=C\C/C=C\CC)COP(=O)(O)OCC[N+](C)(C)C. The van der Waals surface area contributed by atoms with Crippen LogP contribution in [-0.2, 0) is 32.7 Å². The van der Waals surface area contributed by atoms with E-state index in [4.69, 9.17) is 18.5 Å². The Morgan fingerprint density at radius 3 is 1.00 bits per heavy atom. The van der Waals surface area contributed by atoms with Crippen molar-refractivity contribution >= 4 is 19.8 Å². The van der Waals surface area contributed by atoms with E-state index in [1.807, 2.05) is 21.1 Å². The van der Waals surface area contributed by atoms with Gasteiger partial charge in [-0.3, -0.25) is 18.6 Å². The van der Waals surface area contributed by atoms with Crippen molar-refractivity contribution in [2.45, 2.75) is 264 Å². The van der Waals surface area contributed by atoms with Crippen molar-refractivity contribution in [1.82, 2.24) is 0 Å². The second kappa shape index (κ2) is 60.0. The fourth-order valence-electron chi connectivity index (χ4n) is 8.60. The summed E-state index contributed by atoms with van der Waals surface area (Å²) in [5.74, 6) is -0.815. The predicted octanol–water partition coefficient (Wildman–Crippen LogP) is 20.7. The Hall–Kier alpha value is -3.59. The number of carbonyl (C=O) groups is 2. The molecule has 0 bridgehead atoms. The van der Waals surface area contributed by atoms with E-state index in [-0.39, 0.29) is 32.0 Å². The van der Waals surface area contributed by atoms with Crippen molar-refractivity contribution in [2.75, 3.05) is 47.5 Å². The summed E-state index contributed by atoms with van der Waals surface area (Å²) >= 11 is 0. The number of rotatable bonds is 58. The molecule has 0 aromatic carbocycles. The molecule has 0 aromatic heterocycles. The van der Waals surface area contributed by atoms with Crippen molar-refractivity contribution in [1.29, 1.82) is 0 Å². The first-order valence-corrected chi connectivity index (χ1v) is 33.8. The summed E-state index contributed by atoms with van der Waals surface area (Å²) in [6, 6.07) is 0. The summed E-state index contributed by atoms with van der Waals surface area (Å²) in [6.07, 6.45) is 85.7. The summed E-state index contributed by atoms with van der Waals surface area (Å²) in [5, 5.41) is 0. The lowest BCUT2D eigenvalue weighted by atomic mass is 10.0. The molecule has 0 aliphatic heterocycles. The molecular weight excluding hydrogens is 1010 g/mol. The second-order valence-corrected chi connectivity index (χ2v) is 23.8. The van der Waals surface area contributed by atoms with Crippen LogP contribution >= 0.6 is 7.82 Å². The van der Waals surface area contributed by atoms with Crippen LogP contribution in [-0.4, -0.2) is 74.9 Å². The zero-order valence-electron chi connectivity index (χ0n) is 52.0. The Kier molecular flexibility index (Phi) is 57.3. The standard InChI is InChI=1S/C70H120NO8P/c1-6-8-10-12-14-16-18-20-22-24-26-28-30-32-33-34-35-36-37-39-40-42-44-46-48-50-52-54-56-58-60-62-69(72)76-66-68(67-78-80(74,75)77-65-64-71(3,4)5)79-70(73)63-61-59-57-55-53-51-49-47-45-43-41-38-31-29-27-25-23-21-19-17-15-13-11-9-7-2/h8-11,14-17,20-23,26-29,38,41,45,47,68H,6-7,12-13,18-19,24-25,30-37,39-40,42-44,46,48-67H2,1-5H3/p+1/b10-8-,11-9-,16-14-,17-15-,22-20-,23-21-,28-26-,29-27-,41-38-,47-45-. The van der Waals surface area contributed by atoms with Crippen LogP contribution in [0.3, 0.4) is 0 Å². The Bertz CT molecular complexity index is 1760. The van der Waals surface area contributed by atoms with Gasteiger partial charge in [-0.25, -0.2) is 4.57 Å². The van der Waals surface area contributed by atoms with Gasteiger partial charge in [0.25, 0.3) is 0 Å². The summed E-state index contributed by atoms with van der Waals surface area (Å²) in [7, 11) is 1.46. The number of unbranched alkanes of at least 4 members (excludes halogenated alkanes) is 24. The Morgan fingerprint density at radius 2 is 0.675 bits per heavy atom. The van der Waals surface area contributed by atoms with Gasteiger partial charge in [-0.1, -0.05) is 264 Å². The maximum atomic E-state index is 12.8. The number of phosphoric ester groups is 1. The number of carbonyl (C=O) groups excluding carboxylic acids is 2. The predicted molar refractivity (Wildman–Crippen MR) is 344 cm³/mol. The topological polar surface area (TPSA) is 108 Å². The van der Waals surface area contributed by atoms with E-state index in [1.54, 1.807) is 0 Å². The zero-order valence-corrected chi connectivity index (χ0v) is 52.9. The van der Waals surface area contributed by atoms with E-state index in [2.05, 4.69) is 135 Å². The van der Waals surface area contributed by atoms with Gasteiger partial charge < -0.3 is 18.9 Å². The van der Waals surface area contributed by atoms with Crippen LogP contribution < -0.4 is 0 Å². The summed E-state index contributed by atoms with van der Waals surface area (Å²) in [5.41, 5.74) is 0. The van der Waals surface area contributed by atoms with Crippen LogP contribution in [0.5, 0.6) is 0 Å². The molecule has 0 fully saturated rings. The highest BCUT2D eigenvalue weighted by Crippen LogP contribution is 2.43. The molecule has 2 atom stereocenters. The number of hydrogen-bond acceptors (Lipinski definition) is 7. The lowest BCUT2D eigenvalue weighted by Crippen LogP contribution is -2.37. The van der Waals surface area contributed by atoms with Gasteiger partial charge in [-0.05, 0) is 103 Å². The Labute approximate surface area is 492 Å². The van der Waals surface area contributed by atoms with Crippen molar-refractivity contribution in [3.8, 4) is 0 Å². The Balaban J connectivity index is 4.12. The molecule has 0 amide bonds. The van der Waals surface area contributed by atoms with E-state index in [0.29, 0.717) is 17.4 Å². The van der Waals surface area contributed by atoms with E-state index < -0.39 is 26.5 Å². The zero-order chi connectivity index (χ0) is 58.4. The largest absolute Gasteiger partial charge is 0.472 e. The number of nitrogens with zero attached hydrogens (tertiary/aromatic N) is 1. The Morgan fingerprint density at radius 1 is 0.388 bits per heavy atom. The van der Waals surface area contributed by atoms with Crippen LogP contribution in [0, 0.1) is 0 Å². The van der Waals surface area contributed by atoms with Gasteiger partial charge in [0.1, 0.15) is 19.8 Å². The fraction of sp³-hybridized carbons (Fsp3) is 0.686. The second-order valence-electron chi connectivity index (χ2n) is 22.4. The number of hydrogen-bond donors (Lipinski definition) is 1. The van der Waals surface area contributed by atoms with Crippen molar-refractivity contribution in [2.24, 2.45) is 0 Å². The highest BCUT2D eigenvalue weighted by Gasteiger charge is 2.27. The molecule has 0 saturated carbocycles. The molecule has 0 heterocycles. The number of phosphoric acid groups is 1. The van der Waals surface area contributed by atoms with Crippen LogP contribution in [0.2, 0.25) is 0 Å². The summed E-state index contributed by atoms with van der Waals surface area (Å²) < 4.78 is 34.6. The molecule has 0 aromatic rings. The quantitative estimate of drug-likeness (QED) is 0.0211. The van der Waals surface area contributed by atoms with Crippen LogP contribution in [0.1, 0.15) is 258 Å². The van der Waals surface area contributed by atoms with Gasteiger partial charge in [0.2, 0.25) is 0 Å². The molecule has 9 nitrogen and oxygen atoms in total. The molecule has 80 heavy (non-hydrogen) atoms. The third-order valence-corrected chi connectivity index (χ3v) is 14.5. The molecule has 2 unspecified atom stereocenters. The maximum Gasteiger partial charge on any atom is 0.472 e. The monoisotopic (exact) mass is 1130 g/mol. The molecule has 10 heteroatoms. The van der Waals surface area contributed by atoms with Gasteiger partial charge in [0.05, 0.1) is 27.7 Å². The van der Waals surface area contributed by atoms with Crippen LogP contribution in [0.25, 0.3) is 0 Å². The third kappa shape index (κ3) is 63.6. The van der Waals surface area contributed by atoms with Gasteiger partial charge in [0.15, 0.2) is 6.10 Å². The number of likely N-dealkylation sites (N-methyl/N-ethyl adjacent to an activating group) is 1. The first-order chi connectivity index (χ1) is 39.0. The normalized spacial score (nSPS) is 14.0. The van der Waals surface area contributed by atoms with Gasteiger partial charge in [-0.15, -0.1) is 0 Å². The molecule has 0 radical (unpaired) electrons. The van der Waals surface area contributed by atoms with Crippen molar-refractivity contribution in [3.63, 3.8) is 0 Å². The minimum absolute atomic E-state index is 0.0234. The lowest BCUT2D eigenvalue weighted by molar-refractivity contribution is -0.870. The number of ether oxygens (including phenoxy) is 2. The van der Waals surface area contributed by atoms with Crippen molar-refractivity contribution in [3.05, 3.63) is 122 Å². The van der Waals surface area contributed by atoms with Crippen LogP contribution in [0.15, 0.2) is 122 Å². The molecule has 458 valence electrons. The third-order valence-electron chi connectivity index (χ3n) is 13.5. The minimum Gasteiger partial charge on any atom is -0.462 e.